The zero-order valence-electron chi connectivity index (χ0n) is 21.3. The van der Waals surface area contributed by atoms with Gasteiger partial charge in [0.25, 0.3) is 11.5 Å². The monoisotopic (exact) mass is 497 g/mol. The Balaban J connectivity index is 1.60. The second kappa shape index (κ2) is 10.0. The van der Waals surface area contributed by atoms with Gasteiger partial charge in [-0.25, -0.2) is 0 Å². The molecule has 3 heterocycles. The summed E-state index contributed by atoms with van der Waals surface area (Å²) in [6, 6.07) is 19.4. The summed E-state index contributed by atoms with van der Waals surface area (Å²) in [4.78, 5) is 33.6. The number of carbonyl (C=O) groups excluding carboxylic acids is 1. The molecule has 0 saturated carbocycles. The van der Waals surface area contributed by atoms with E-state index in [1.807, 2.05) is 49.4 Å². The first-order valence-electron chi connectivity index (χ1n) is 12.7. The van der Waals surface area contributed by atoms with E-state index in [2.05, 4.69) is 36.1 Å². The lowest BCUT2D eigenvalue weighted by Crippen LogP contribution is -2.36. The van der Waals surface area contributed by atoms with Crippen molar-refractivity contribution in [2.45, 2.75) is 45.6 Å². The number of hydrogen-bond acceptors (Lipinski definition) is 5. The molecule has 1 saturated heterocycles. The summed E-state index contributed by atoms with van der Waals surface area (Å²) in [7, 11) is 0. The van der Waals surface area contributed by atoms with Gasteiger partial charge in [0.1, 0.15) is 5.69 Å². The number of aryl methyl sites for hydroxylation is 1. The van der Waals surface area contributed by atoms with Gasteiger partial charge in [0, 0.05) is 31.7 Å². The normalized spacial score (nSPS) is 15.5. The van der Waals surface area contributed by atoms with Crippen molar-refractivity contribution in [1.29, 1.82) is 0 Å². The Morgan fingerprint density at radius 1 is 1.11 bits per heavy atom. The highest BCUT2D eigenvalue weighted by molar-refractivity contribution is 5.96. The lowest BCUT2D eigenvalue weighted by molar-refractivity contribution is 0.0784. The second-order valence-electron chi connectivity index (χ2n) is 9.73. The number of rotatable bonds is 6. The van der Waals surface area contributed by atoms with Crippen LogP contribution in [0.2, 0.25) is 0 Å². The molecule has 1 aliphatic heterocycles. The van der Waals surface area contributed by atoms with Gasteiger partial charge in [-0.1, -0.05) is 56.3 Å². The summed E-state index contributed by atoms with van der Waals surface area (Å²) in [5.41, 5.74) is 2.28. The van der Waals surface area contributed by atoms with E-state index in [0.717, 1.165) is 17.5 Å². The quantitative estimate of drug-likeness (QED) is 0.421. The summed E-state index contributed by atoms with van der Waals surface area (Å²) in [6.45, 7) is 7.74. The van der Waals surface area contributed by atoms with Crippen molar-refractivity contribution in [3.05, 3.63) is 93.9 Å². The second-order valence-corrected chi connectivity index (χ2v) is 9.73. The average Bonchev–Trinajstić information content (AvgIpc) is 3.59. The summed E-state index contributed by atoms with van der Waals surface area (Å²) in [6.07, 6.45) is 2.58. The van der Waals surface area contributed by atoms with Gasteiger partial charge in [0.2, 0.25) is 5.88 Å². The van der Waals surface area contributed by atoms with E-state index < -0.39 is 17.3 Å². The molecule has 1 N–H and O–H groups in total. The Labute approximate surface area is 215 Å². The number of likely N-dealkylation sites (tertiary alicyclic amines) is 1. The van der Waals surface area contributed by atoms with Crippen molar-refractivity contribution in [2.75, 3.05) is 13.1 Å². The highest BCUT2D eigenvalue weighted by Gasteiger charge is 2.33. The van der Waals surface area contributed by atoms with Crippen LogP contribution in [0.4, 0.5) is 0 Å². The molecule has 190 valence electrons. The molecule has 0 radical (unpaired) electrons. The minimum atomic E-state index is -0.609. The lowest BCUT2D eigenvalue weighted by Gasteiger charge is -2.19. The molecule has 0 spiro atoms. The van der Waals surface area contributed by atoms with Crippen LogP contribution in [0.5, 0.6) is 5.88 Å². The first kappa shape index (κ1) is 24.5. The van der Waals surface area contributed by atoms with E-state index in [9.17, 15) is 14.7 Å². The van der Waals surface area contributed by atoms with Gasteiger partial charge in [-0.3, -0.25) is 18.8 Å². The summed E-state index contributed by atoms with van der Waals surface area (Å²) < 4.78 is 3.12. The third-order valence-corrected chi connectivity index (χ3v) is 7.01. The fraction of sp³-hybridized carbons (Fsp3) is 0.310. The molecule has 5 rings (SSSR count). The van der Waals surface area contributed by atoms with Gasteiger partial charge in [0.05, 0.1) is 5.69 Å². The van der Waals surface area contributed by atoms with Crippen LogP contribution in [-0.2, 0) is 6.54 Å². The third-order valence-electron chi connectivity index (χ3n) is 7.01. The van der Waals surface area contributed by atoms with Crippen molar-refractivity contribution in [3.63, 3.8) is 0 Å². The van der Waals surface area contributed by atoms with Gasteiger partial charge in [-0.2, -0.15) is 10.1 Å². The van der Waals surface area contributed by atoms with E-state index in [1.54, 1.807) is 21.8 Å². The van der Waals surface area contributed by atoms with Crippen LogP contribution in [0.3, 0.4) is 0 Å². The smallest absolute Gasteiger partial charge is 0.275 e. The van der Waals surface area contributed by atoms with E-state index in [-0.39, 0.29) is 23.2 Å². The number of amides is 1. The molecule has 1 atom stereocenters. The Hall–Kier alpha value is -4.20. The van der Waals surface area contributed by atoms with E-state index >= 15 is 0 Å². The average molecular weight is 498 g/mol. The summed E-state index contributed by atoms with van der Waals surface area (Å²) >= 11 is 0. The molecule has 8 nitrogen and oxygen atoms in total. The number of aromatic hydroxyl groups is 1. The molecule has 8 heteroatoms. The maximum atomic E-state index is 14.0. The molecule has 1 aliphatic rings. The molecule has 37 heavy (non-hydrogen) atoms. The molecule has 2 aromatic carbocycles. The summed E-state index contributed by atoms with van der Waals surface area (Å²) in [5.74, 6) is -0.467. The number of nitrogens with zero attached hydrogens (tertiary/aromatic N) is 5. The maximum absolute atomic E-state index is 14.0. The Kier molecular flexibility index (Phi) is 6.65. The van der Waals surface area contributed by atoms with Gasteiger partial charge < -0.3 is 10.0 Å². The van der Waals surface area contributed by atoms with Crippen molar-refractivity contribution >= 4 is 5.91 Å². The highest BCUT2D eigenvalue weighted by atomic mass is 16.3. The van der Waals surface area contributed by atoms with Gasteiger partial charge in [-0.05, 0) is 48.6 Å². The van der Waals surface area contributed by atoms with Crippen LogP contribution in [0, 0.1) is 0 Å². The predicted octanol–water partition coefficient (Wildman–Crippen LogP) is 4.57. The molecule has 4 aromatic rings. The standard InChI is InChI=1S/C29H31N5O3/c1-4-33-16-14-24(31-33)26-30-27(35)25(29(37)34(26)23-12-8-11-21(17-23)19(2)3)28(36)32-15-13-22(18-32)20-9-6-5-7-10-20/h5-12,14,16-17,19,22,35H,4,13,15,18H2,1-3H3/t22-/m1/s1. The van der Waals surface area contributed by atoms with Crippen LogP contribution in [0.25, 0.3) is 17.2 Å². The fourth-order valence-electron chi connectivity index (χ4n) is 4.89. The Morgan fingerprint density at radius 2 is 1.89 bits per heavy atom. The molecule has 0 unspecified atom stereocenters. The molecule has 0 bridgehead atoms. The largest absolute Gasteiger partial charge is 0.493 e. The molecular weight excluding hydrogens is 466 g/mol. The zero-order chi connectivity index (χ0) is 26.1. The van der Waals surface area contributed by atoms with Crippen LogP contribution in [0.15, 0.2) is 71.7 Å². The molecule has 1 fully saturated rings. The van der Waals surface area contributed by atoms with Crippen molar-refractivity contribution in [3.8, 4) is 23.1 Å². The minimum Gasteiger partial charge on any atom is -0.493 e. The first-order valence-corrected chi connectivity index (χ1v) is 12.7. The van der Waals surface area contributed by atoms with Gasteiger partial charge in [0.15, 0.2) is 11.4 Å². The topological polar surface area (TPSA) is 93.3 Å². The Bertz CT molecular complexity index is 1490. The third kappa shape index (κ3) is 4.67. The van der Waals surface area contributed by atoms with Crippen LogP contribution in [0.1, 0.15) is 60.5 Å². The molecule has 0 aliphatic carbocycles. The number of aromatic nitrogens is 4. The fourth-order valence-corrected chi connectivity index (χ4v) is 4.89. The highest BCUT2D eigenvalue weighted by Crippen LogP contribution is 2.30. The van der Waals surface area contributed by atoms with Crippen molar-refractivity contribution in [1.82, 2.24) is 24.2 Å². The van der Waals surface area contributed by atoms with Gasteiger partial charge in [-0.15, -0.1) is 0 Å². The molecule has 2 aromatic heterocycles. The van der Waals surface area contributed by atoms with E-state index in [1.165, 1.54) is 4.57 Å². The van der Waals surface area contributed by atoms with Crippen LogP contribution in [-0.4, -0.2) is 48.3 Å². The zero-order valence-corrected chi connectivity index (χ0v) is 21.3. The maximum Gasteiger partial charge on any atom is 0.275 e. The lowest BCUT2D eigenvalue weighted by atomic mass is 9.99. The Morgan fingerprint density at radius 3 is 2.59 bits per heavy atom. The van der Waals surface area contributed by atoms with E-state index in [0.29, 0.717) is 31.0 Å². The van der Waals surface area contributed by atoms with Crippen LogP contribution < -0.4 is 5.56 Å². The first-order chi connectivity index (χ1) is 17.9. The SMILES string of the molecule is CCn1ccc(-c2nc(O)c(C(=O)N3CC[C@@H](c4ccccc4)C3)c(=O)n2-c2cccc(C(C)C)c2)n1. The number of carbonyl (C=O) groups is 1. The number of benzene rings is 2. The predicted molar refractivity (Wildman–Crippen MR) is 142 cm³/mol. The van der Waals surface area contributed by atoms with Crippen molar-refractivity contribution < 1.29 is 9.90 Å². The molecular formula is C29H31N5O3. The number of hydrogen-bond donors (Lipinski definition) is 1. The summed E-state index contributed by atoms with van der Waals surface area (Å²) in [5, 5.41) is 15.4. The van der Waals surface area contributed by atoms with Gasteiger partial charge >= 0.3 is 0 Å². The van der Waals surface area contributed by atoms with E-state index in [4.69, 9.17) is 0 Å². The van der Waals surface area contributed by atoms with Crippen molar-refractivity contribution in [2.24, 2.45) is 0 Å². The molecule has 1 amide bonds. The minimum absolute atomic E-state index is 0.183. The van der Waals surface area contributed by atoms with Crippen LogP contribution >= 0.6 is 0 Å².